The largest absolute Gasteiger partial charge is 0.416 e. The average molecular weight is 381 g/mol. The minimum atomic E-state index is -4.44. The van der Waals surface area contributed by atoms with Gasteiger partial charge in [0.15, 0.2) is 0 Å². The van der Waals surface area contributed by atoms with Gasteiger partial charge < -0.3 is 10.2 Å². The topological polar surface area (TPSA) is 69.7 Å². The molecule has 1 aromatic carbocycles. The highest BCUT2D eigenvalue weighted by Gasteiger charge is 2.51. The lowest BCUT2D eigenvalue weighted by Gasteiger charge is -2.36. The molecule has 1 spiro atoms. The normalized spacial score (nSPS) is 19.9. The number of imide groups is 1. The zero-order chi connectivity index (χ0) is 19.8. The van der Waals surface area contributed by atoms with Crippen molar-refractivity contribution in [3.63, 3.8) is 0 Å². The highest BCUT2D eigenvalue weighted by Crippen LogP contribution is 2.30. The van der Waals surface area contributed by atoms with Gasteiger partial charge in [-0.2, -0.15) is 13.2 Å². The lowest BCUT2D eigenvalue weighted by atomic mass is 9.87. The van der Waals surface area contributed by atoms with Crippen molar-refractivity contribution in [3.05, 3.63) is 41.5 Å². The van der Waals surface area contributed by atoms with E-state index in [1.165, 1.54) is 36.2 Å². The third kappa shape index (κ3) is 3.67. The zero-order valence-corrected chi connectivity index (χ0v) is 14.5. The van der Waals surface area contributed by atoms with Gasteiger partial charge in [0, 0.05) is 26.2 Å². The number of benzene rings is 1. The van der Waals surface area contributed by atoms with Crippen LogP contribution in [0.3, 0.4) is 0 Å². The number of carbonyl (C=O) groups excluding carboxylic acids is 3. The molecule has 144 valence electrons. The first kappa shape index (κ1) is 18.9. The summed E-state index contributed by atoms with van der Waals surface area (Å²) in [6.45, 7) is 0.539. The Morgan fingerprint density at radius 2 is 1.89 bits per heavy atom. The fourth-order valence-corrected chi connectivity index (χ4v) is 3.29. The van der Waals surface area contributed by atoms with E-state index in [1.54, 1.807) is 0 Å². The summed E-state index contributed by atoms with van der Waals surface area (Å²) in [5.41, 5.74) is -1.48. The summed E-state index contributed by atoms with van der Waals surface area (Å²) in [7, 11) is 1.40. The molecule has 2 aliphatic rings. The number of urea groups is 1. The Bertz CT molecular complexity index is 812. The molecule has 2 aliphatic heterocycles. The Labute approximate surface area is 153 Å². The highest BCUT2D eigenvalue weighted by molar-refractivity contribution is 6.07. The second-order valence-electron chi connectivity index (χ2n) is 6.66. The minimum Gasteiger partial charge on any atom is -0.339 e. The third-order valence-electron chi connectivity index (χ3n) is 4.93. The maximum atomic E-state index is 12.7. The van der Waals surface area contributed by atoms with Crippen LogP contribution in [0.5, 0.6) is 0 Å². The lowest BCUT2D eigenvalue weighted by Crippen LogP contribution is -2.55. The summed E-state index contributed by atoms with van der Waals surface area (Å²) in [6.07, 6.45) is -1.30. The van der Waals surface area contributed by atoms with Crippen molar-refractivity contribution in [1.82, 2.24) is 15.1 Å². The van der Waals surface area contributed by atoms with Crippen LogP contribution in [0.25, 0.3) is 6.08 Å². The number of hydrogen-bond acceptors (Lipinski definition) is 3. The molecule has 4 amide bonds. The van der Waals surface area contributed by atoms with E-state index in [-0.39, 0.29) is 30.5 Å². The van der Waals surface area contributed by atoms with E-state index in [0.717, 1.165) is 17.0 Å². The second-order valence-corrected chi connectivity index (χ2v) is 6.66. The van der Waals surface area contributed by atoms with Crippen molar-refractivity contribution in [1.29, 1.82) is 0 Å². The predicted octanol–water partition coefficient (Wildman–Crippen LogP) is 2.26. The van der Waals surface area contributed by atoms with Crippen LogP contribution in [0.4, 0.5) is 18.0 Å². The zero-order valence-electron chi connectivity index (χ0n) is 14.5. The molecule has 9 heteroatoms. The summed E-state index contributed by atoms with van der Waals surface area (Å²) in [5, 5.41) is 2.68. The molecule has 0 aromatic heterocycles. The third-order valence-corrected chi connectivity index (χ3v) is 4.93. The summed E-state index contributed by atoms with van der Waals surface area (Å²) >= 11 is 0. The van der Waals surface area contributed by atoms with Gasteiger partial charge in [0.1, 0.15) is 5.54 Å². The number of likely N-dealkylation sites (N-methyl/N-ethyl adjacent to an activating group) is 1. The number of nitrogens with zero attached hydrogens (tertiary/aromatic N) is 2. The quantitative estimate of drug-likeness (QED) is 0.631. The molecule has 2 fully saturated rings. The van der Waals surface area contributed by atoms with Gasteiger partial charge in [0.25, 0.3) is 5.91 Å². The number of rotatable bonds is 2. The molecule has 2 saturated heterocycles. The number of alkyl halides is 3. The lowest BCUT2D eigenvalue weighted by molar-refractivity contribution is -0.137. The number of hydrogen-bond donors (Lipinski definition) is 1. The molecule has 0 bridgehead atoms. The van der Waals surface area contributed by atoms with Gasteiger partial charge in [-0.1, -0.05) is 12.1 Å². The molecule has 0 radical (unpaired) electrons. The van der Waals surface area contributed by atoms with E-state index in [1.807, 2.05) is 0 Å². The van der Waals surface area contributed by atoms with E-state index in [0.29, 0.717) is 12.8 Å². The SMILES string of the molecule is CN1C(=O)NC2(CCN(C(=O)C=Cc3cccc(C(F)(F)F)c3)CC2)C1=O. The van der Waals surface area contributed by atoms with Crippen LogP contribution in [0.1, 0.15) is 24.0 Å². The van der Waals surface area contributed by atoms with Gasteiger partial charge >= 0.3 is 12.2 Å². The molecule has 0 unspecified atom stereocenters. The van der Waals surface area contributed by atoms with E-state index >= 15 is 0 Å². The molecular weight excluding hydrogens is 363 g/mol. The van der Waals surface area contributed by atoms with E-state index in [2.05, 4.69) is 5.32 Å². The van der Waals surface area contributed by atoms with Crippen molar-refractivity contribution in [2.75, 3.05) is 20.1 Å². The summed E-state index contributed by atoms with van der Waals surface area (Å²) in [4.78, 5) is 38.7. The van der Waals surface area contributed by atoms with Crippen LogP contribution >= 0.6 is 0 Å². The van der Waals surface area contributed by atoms with E-state index in [4.69, 9.17) is 0 Å². The first-order chi connectivity index (χ1) is 12.6. The van der Waals surface area contributed by atoms with Crippen molar-refractivity contribution < 1.29 is 27.6 Å². The summed E-state index contributed by atoms with van der Waals surface area (Å²) < 4.78 is 38.2. The molecule has 0 saturated carbocycles. The molecule has 0 aliphatic carbocycles. The number of halogens is 3. The maximum Gasteiger partial charge on any atom is 0.416 e. The Morgan fingerprint density at radius 3 is 2.44 bits per heavy atom. The number of carbonyl (C=O) groups is 3. The first-order valence-corrected chi connectivity index (χ1v) is 8.37. The Hall–Kier alpha value is -2.84. The average Bonchev–Trinajstić information content (AvgIpc) is 2.84. The van der Waals surface area contributed by atoms with Crippen LogP contribution in [0.2, 0.25) is 0 Å². The van der Waals surface area contributed by atoms with E-state index < -0.39 is 23.3 Å². The molecule has 1 aromatic rings. The van der Waals surface area contributed by atoms with Crippen LogP contribution in [0, 0.1) is 0 Å². The molecule has 27 heavy (non-hydrogen) atoms. The van der Waals surface area contributed by atoms with E-state index in [9.17, 15) is 27.6 Å². The van der Waals surface area contributed by atoms with Crippen molar-refractivity contribution in [2.45, 2.75) is 24.6 Å². The predicted molar refractivity (Wildman–Crippen MR) is 90.3 cm³/mol. The van der Waals surface area contributed by atoms with Gasteiger partial charge in [0.05, 0.1) is 5.56 Å². The number of amides is 4. The molecule has 6 nitrogen and oxygen atoms in total. The van der Waals surface area contributed by atoms with Gasteiger partial charge in [-0.25, -0.2) is 4.79 Å². The van der Waals surface area contributed by atoms with Crippen molar-refractivity contribution in [3.8, 4) is 0 Å². The monoisotopic (exact) mass is 381 g/mol. The van der Waals surface area contributed by atoms with Crippen molar-refractivity contribution in [2.24, 2.45) is 0 Å². The van der Waals surface area contributed by atoms with Crippen LogP contribution in [0.15, 0.2) is 30.3 Å². The number of likely N-dealkylation sites (tertiary alicyclic amines) is 1. The molecule has 0 atom stereocenters. The number of piperidine rings is 1. The molecule has 1 N–H and O–H groups in total. The Morgan fingerprint density at radius 1 is 1.22 bits per heavy atom. The minimum absolute atomic E-state index is 0.269. The molecule has 2 heterocycles. The Balaban J connectivity index is 1.63. The van der Waals surface area contributed by atoms with Gasteiger partial charge in [0.2, 0.25) is 5.91 Å². The summed E-state index contributed by atoms with van der Waals surface area (Å²) in [5.74, 6) is -0.661. The standard InChI is InChI=1S/C18H18F3N3O3/c1-23-15(26)17(22-16(23)27)7-9-24(10-8-17)14(25)6-5-12-3-2-4-13(11-12)18(19,20)21/h2-6,11H,7-10H2,1H3,(H,22,27). The van der Waals surface area contributed by atoms with Crippen LogP contribution < -0.4 is 5.32 Å². The van der Waals surface area contributed by atoms with Gasteiger partial charge in [-0.15, -0.1) is 0 Å². The van der Waals surface area contributed by atoms with Gasteiger partial charge in [-0.3, -0.25) is 14.5 Å². The molecular formula is C18H18F3N3O3. The summed E-state index contributed by atoms with van der Waals surface area (Å²) in [6, 6.07) is 4.24. The second kappa shape index (κ2) is 6.71. The maximum absolute atomic E-state index is 12.7. The Kier molecular flexibility index (Phi) is 4.71. The van der Waals surface area contributed by atoms with Gasteiger partial charge in [-0.05, 0) is 36.6 Å². The fourth-order valence-electron chi connectivity index (χ4n) is 3.29. The van der Waals surface area contributed by atoms with Crippen molar-refractivity contribution >= 4 is 23.9 Å². The van der Waals surface area contributed by atoms with Crippen LogP contribution in [-0.4, -0.2) is 53.3 Å². The highest BCUT2D eigenvalue weighted by atomic mass is 19.4. The van der Waals surface area contributed by atoms with Crippen LogP contribution in [-0.2, 0) is 15.8 Å². The number of nitrogens with one attached hydrogen (secondary N) is 1. The smallest absolute Gasteiger partial charge is 0.339 e. The first-order valence-electron chi connectivity index (χ1n) is 8.37. The molecule has 3 rings (SSSR count). The fraction of sp³-hybridized carbons (Fsp3) is 0.389.